The molecule has 0 spiro atoms. The van der Waals surface area contributed by atoms with Crippen LogP contribution in [-0.2, 0) is 0 Å². The summed E-state index contributed by atoms with van der Waals surface area (Å²) >= 11 is 0. The molecule has 0 atom stereocenters. The molecule has 0 aliphatic heterocycles. The monoisotopic (exact) mass is 122 g/mol. The van der Waals surface area contributed by atoms with Gasteiger partial charge in [0, 0.05) is 0 Å². The minimum atomic E-state index is -0.116. The van der Waals surface area contributed by atoms with E-state index in [0.29, 0.717) is 0 Å². The van der Waals surface area contributed by atoms with Crippen molar-refractivity contribution in [3.05, 3.63) is 29.6 Å². The third-order valence-electron chi connectivity index (χ3n) is 1.54. The Balaban J connectivity index is 3.25. The van der Waals surface area contributed by atoms with Crippen LogP contribution >= 0.6 is 0 Å². The zero-order valence-electron chi connectivity index (χ0n) is 5.61. The van der Waals surface area contributed by atoms with Crippen molar-refractivity contribution in [3.8, 4) is 0 Å². The summed E-state index contributed by atoms with van der Waals surface area (Å²) in [7, 11) is 1.78. The second kappa shape index (κ2) is 2.22. The maximum atomic E-state index is 12.6. The summed E-state index contributed by atoms with van der Waals surface area (Å²) in [6.07, 6.45) is 0. The molecule has 1 aromatic rings. The second-order valence-electron chi connectivity index (χ2n) is 2.18. The fourth-order valence-corrected chi connectivity index (χ4v) is 0.715. The summed E-state index contributed by atoms with van der Waals surface area (Å²) in [5.41, 5.74) is 1.76. The first-order valence-electron chi connectivity index (χ1n) is 2.93. The van der Waals surface area contributed by atoms with E-state index in [9.17, 15) is 4.39 Å². The van der Waals surface area contributed by atoms with Gasteiger partial charge in [0.05, 0.1) is 0 Å². The van der Waals surface area contributed by atoms with Gasteiger partial charge >= 0.3 is 0 Å². The smallest absolute Gasteiger partial charge is 0.143 e. The normalized spacial score (nSPS) is 9.56. The molecule has 1 aromatic carbocycles. The summed E-state index contributed by atoms with van der Waals surface area (Å²) in [4.78, 5) is 0. The first-order valence-corrected chi connectivity index (χ1v) is 2.93. The zero-order chi connectivity index (χ0) is 6.85. The van der Waals surface area contributed by atoms with E-state index >= 15 is 0 Å². The van der Waals surface area contributed by atoms with Gasteiger partial charge in [-0.2, -0.15) is 0 Å². The summed E-state index contributed by atoms with van der Waals surface area (Å²) in [6, 6.07) is 5.10. The zero-order valence-corrected chi connectivity index (χ0v) is 5.61. The molecule has 0 bridgehead atoms. The van der Waals surface area contributed by atoms with Crippen molar-refractivity contribution in [1.29, 1.82) is 0 Å². The predicted molar refractivity (Wildman–Crippen MR) is 39.3 cm³/mol. The molecule has 0 radical (unpaired) electrons. The molecule has 0 saturated heterocycles. The fraction of sp³-hybridized carbons (Fsp3) is 0.143. The van der Waals surface area contributed by atoms with Gasteiger partial charge in [-0.15, -0.1) is 0 Å². The number of rotatable bonds is 0. The molecule has 46 valence electrons. The molecule has 0 aliphatic carbocycles. The van der Waals surface area contributed by atoms with Gasteiger partial charge < -0.3 is 0 Å². The standard InChI is InChI=1S/C7H8BF/c1-5-3-2-4-6(9)7(5)8/h2-4H,8H2,1H3. The highest BCUT2D eigenvalue weighted by Gasteiger charge is 1.95. The topological polar surface area (TPSA) is 0 Å². The molecule has 0 amide bonds. The number of hydrogen-bond acceptors (Lipinski definition) is 0. The van der Waals surface area contributed by atoms with Crippen LogP contribution in [0.1, 0.15) is 5.56 Å². The van der Waals surface area contributed by atoms with Gasteiger partial charge in [-0.1, -0.05) is 23.2 Å². The Morgan fingerprint density at radius 2 is 2.11 bits per heavy atom. The van der Waals surface area contributed by atoms with E-state index in [2.05, 4.69) is 0 Å². The molecule has 0 N–H and O–H groups in total. The predicted octanol–water partition coefficient (Wildman–Crippen LogP) is 0.393. The highest BCUT2D eigenvalue weighted by molar-refractivity contribution is 6.33. The van der Waals surface area contributed by atoms with Crippen LogP contribution in [0.3, 0.4) is 0 Å². The van der Waals surface area contributed by atoms with Gasteiger partial charge in [0.2, 0.25) is 0 Å². The number of halogens is 1. The average molecular weight is 122 g/mol. The Hall–Kier alpha value is -0.785. The molecule has 0 unspecified atom stereocenters. The number of benzene rings is 1. The molecular weight excluding hydrogens is 114 g/mol. The summed E-state index contributed by atoms with van der Waals surface area (Å²) in [5, 5.41) is 0. The Morgan fingerprint density at radius 3 is 2.56 bits per heavy atom. The highest BCUT2D eigenvalue weighted by atomic mass is 19.1. The lowest BCUT2D eigenvalue weighted by Crippen LogP contribution is -2.11. The van der Waals surface area contributed by atoms with Crippen molar-refractivity contribution in [2.45, 2.75) is 6.92 Å². The van der Waals surface area contributed by atoms with Crippen molar-refractivity contribution in [1.82, 2.24) is 0 Å². The van der Waals surface area contributed by atoms with Crippen LogP contribution in [0.2, 0.25) is 0 Å². The van der Waals surface area contributed by atoms with Crippen molar-refractivity contribution in [3.63, 3.8) is 0 Å². The Bertz CT molecular complexity index is 200. The first kappa shape index (κ1) is 6.34. The molecule has 0 saturated carbocycles. The van der Waals surface area contributed by atoms with Crippen LogP contribution in [0.4, 0.5) is 4.39 Å². The summed E-state index contributed by atoms with van der Waals surface area (Å²) in [5.74, 6) is -0.116. The van der Waals surface area contributed by atoms with Crippen LogP contribution in [0.5, 0.6) is 0 Å². The van der Waals surface area contributed by atoms with E-state index in [1.807, 2.05) is 13.0 Å². The largest absolute Gasteiger partial charge is 0.208 e. The molecular formula is C7H8BF. The molecule has 0 aromatic heterocycles. The van der Waals surface area contributed by atoms with Gasteiger partial charge in [0.25, 0.3) is 0 Å². The lowest BCUT2D eigenvalue weighted by atomic mass is 9.91. The maximum Gasteiger partial charge on any atom is 0.143 e. The summed E-state index contributed by atoms with van der Waals surface area (Å²) < 4.78 is 12.6. The average Bonchev–Trinajstić information content (AvgIpc) is 1.83. The molecule has 0 aliphatic rings. The fourth-order valence-electron chi connectivity index (χ4n) is 0.715. The second-order valence-corrected chi connectivity index (χ2v) is 2.18. The SMILES string of the molecule is Bc1c(C)cccc1F. The quantitative estimate of drug-likeness (QED) is 0.436. The van der Waals surface area contributed by atoms with Gasteiger partial charge in [-0.05, 0) is 13.0 Å². The third-order valence-corrected chi connectivity index (χ3v) is 1.54. The Kier molecular flexibility index (Phi) is 1.56. The summed E-state index contributed by atoms with van der Waals surface area (Å²) in [6.45, 7) is 1.90. The number of hydrogen-bond donors (Lipinski definition) is 0. The van der Waals surface area contributed by atoms with Crippen LogP contribution < -0.4 is 5.46 Å². The molecule has 0 heterocycles. The van der Waals surface area contributed by atoms with Crippen molar-refractivity contribution < 1.29 is 4.39 Å². The van der Waals surface area contributed by atoms with Crippen LogP contribution in [-0.4, -0.2) is 7.85 Å². The van der Waals surface area contributed by atoms with E-state index < -0.39 is 0 Å². The minimum Gasteiger partial charge on any atom is -0.208 e. The van der Waals surface area contributed by atoms with E-state index in [1.54, 1.807) is 13.9 Å². The van der Waals surface area contributed by atoms with Gasteiger partial charge in [-0.3, -0.25) is 0 Å². The van der Waals surface area contributed by atoms with Crippen molar-refractivity contribution in [2.75, 3.05) is 0 Å². The lowest BCUT2D eigenvalue weighted by molar-refractivity contribution is 0.635. The Labute approximate surface area is 55.1 Å². The van der Waals surface area contributed by atoms with Crippen LogP contribution in [0, 0.1) is 12.7 Å². The van der Waals surface area contributed by atoms with Gasteiger partial charge in [0.1, 0.15) is 13.7 Å². The van der Waals surface area contributed by atoms with Crippen molar-refractivity contribution >= 4 is 13.3 Å². The highest BCUT2D eigenvalue weighted by Crippen LogP contribution is 1.95. The van der Waals surface area contributed by atoms with Crippen molar-refractivity contribution in [2.24, 2.45) is 0 Å². The van der Waals surface area contributed by atoms with E-state index in [4.69, 9.17) is 0 Å². The lowest BCUT2D eigenvalue weighted by Gasteiger charge is -1.97. The minimum absolute atomic E-state index is 0.116. The Morgan fingerprint density at radius 1 is 1.44 bits per heavy atom. The maximum absolute atomic E-state index is 12.6. The van der Waals surface area contributed by atoms with E-state index in [1.165, 1.54) is 6.07 Å². The molecule has 1 rings (SSSR count). The van der Waals surface area contributed by atoms with Crippen LogP contribution in [0.25, 0.3) is 0 Å². The molecule has 2 heteroatoms. The molecule has 0 nitrogen and oxygen atoms in total. The van der Waals surface area contributed by atoms with E-state index in [0.717, 1.165) is 11.0 Å². The van der Waals surface area contributed by atoms with Crippen LogP contribution in [0.15, 0.2) is 18.2 Å². The first-order chi connectivity index (χ1) is 4.22. The molecule has 0 fully saturated rings. The third kappa shape index (κ3) is 1.12. The van der Waals surface area contributed by atoms with E-state index in [-0.39, 0.29) is 5.82 Å². The van der Waals surface area contributed by atoms with Gasteiger partial charge in [0.15, 0.2) is 0 Å². The number of aryl methyl sites for hydroxylation is 1. The van der Waals surface area contributed by atoms with Gasteiger partial charge in [-0.25, -0.2) is 4.39 Å². The molecule has 9 heavy (non-hydrogen) atoms.